The van der Waals surface area contributed by atoms with Gasteiger partial charge in [0.05, 0.1) is 5.52 Å². The summed E-state index contributed by atoms with van der Waals surface area (Å²) in [7, 11) is 0. The Bertz CT molecular complexity index is 527. The number of nitrogens with zero attached hydrogens (tertiary/aromatic N) is 1. The van der Waals surface area contributed by atoms with E-state index in [1.54, 1.807) is 0 Å². The van der Waals surface area contributed by atoms with Crippen LogP contribution in [0.3, 0.4) is 0 Å². The van der Waals surface area contributed by atoms with Crippen molar-refractivity contribution in [3.63, 3.8) is 0 Å². The Kier molecular flexibility index (Phi) is 2.60. The van der Waals surface area contributed by atoms with E-state index in [1.165, 1.54) is 36.8 Å². The topological polar surface area (TPSA) is 38.9 Å². The smallest absolute Gasteiger partial charge is 0.0705 e. The number of pyridine rings is 1. The summed E-state index contributed by atoms with van der Waals surface area (Å²) >= 11 is 0. The maximum Gasteiger partial charge on any atom is 0.0705 e. The van der Waals surface area contributed by atoms with E-state index in [1.807, 2.05) is 6.07 Å². The molecule has 0 radical (unpaired) electrons. The molecule has 88 valence electrons. The van der Waals surface area contributed by atoms with Crippen LogP contribution >= 0.6 is 0 Å². The van der Waals surface area contributed by atoms with Gasteiger partial charge in [0, 0.05) is 23.0 Å². The lowest BCUT2D eigenvalue weighted by Crippen LogP contribution is -2.32. The second-order valence-corrected chi connectivity index (χ2v) is 5.08. The van der Waals surface area contributed by atoms with E-state index in [9.17, 15) is 0 Å². The van der Waals surface area contributed by atoms with Crippen LogP contribution in [0.25, 0.3) is 10.9 Å². The highest BCUT2D eigenvalue weighted by atomic mass is 14.8. The van der Waals surface area contributed by atoms with Gasteiger partial charge in [-0.3, -0.25) is 4.98 Å². The van der Waals surface area contributed by atoms with Gasteiger partial charge >= 0.3 is 0 Å². The van der Waals surface area contributed by atoms with Crippen LogP contribution < -0.4 is 5.73 Å². The molecule has 0 unspecified atom stereocenters. The van der Waals surface area contributed by atoms with Crippen LogP contribution in [0.2, 0.25) is 0 Å². The number of hydrogen-bond acceptors (Lipinski definition) is 2. The maximum atomic E-state index is 6.00. The molecule has 0 spiro atoms. The quantitative estimate of drug-likeness (QED) is 0.855. The van der Waals surface area contributed by atoms with Gasteiger partial charge in [-0.25, -0.2) is 0 Å². The number of benzene rings is 1. The predicted molar refractivity (Wildman–Crippen MR) is 70.9 cm³/mol. The van der Waals surface area contributed by atoms with Crippen molar-refractivity contribution in [1.29, 1.82) is 0 Å². The average molecular weight is 226 g/mol. The molecule has 2 N–H and O–H groups in total. The fraction of sp³-hybridized carbons (Fsp3) is 0.400. The molecule has 0 aliphatic heterocycles. The maximum absolute atomic E-state index is 6.00. The molecule has 1 heterocycles. The Morgan fingerprint density at radius 2 is 1.82 bits per heavy atom. The molecule has 1 saturated carbocycles. The van der Waals surface area contributed by atoms with Crippen LogP contribution in [-0.2, 0) is 5.41 Å². The molecule has 1 fully saturated rings. The van der Waals surface area contributed by atoms with Gasteiger partial charge in [-0.1, -0.05) is 37.1 Å². The van der Waals surface area contributed by atoms with Crippen molar-refractivity contribution in [2.45, 2.75) is 31.1 Å². The van der Waals surface area contributed by atoms with Gasteiger partial charge in [0.2, 0.25) is 0 Å². The Morgan fingerprint density at radius 1 is 1.06 bits per heavy atom. The number of fused-ring (bicyclic) bond motifs is 1. The van der Waals surface area contributed by atoms with E-state index in [0.717, 1.165) is 12.1 Å². The first kappa shape index (κ1) is 10.7. The third-order valence-electron chi connectivity index (χ3n) is 4.09. The van der Waals surface area contributed by atoms with Crippen LogP contribution in [-0.4, -0.2) is 11.5 Å². The standard InChI is InChI=1S/C15H18N2/c16-11-15(9-3-4-10-15)14-8-7-12-5-1-2-6-13(12)17-14/h1-2,5-8H,3-4,9-11,16H2. The molecule has 2 nitrogen and oxygen atoms in total. The molecule has 1 aromatic carbocycles. The molecule has 2 aromatic rings. The highest BCUT2D eigenvalue weighted by Gasteiger charge is 2.35. The molecule has 2 heteroatoms. The summed E-state index contributed by atoms with van der Waals surface area (Å²) < 4.78 is 0. The highest BCUT2D eigenvalue weighted by Crippen LogP contribution is 2.39. The van der Waals surface area contributed by atoms with E-state index < -0.39 is 0 Å². The zero-order valence-corrected chi connectivity index (χ0v) is 10.0. The van der Waals surface area contributed by atoms with Gasteiger partial charge in [-0.05, 0) is 25.0 Å². The zero-order valence-electron chi connectivity index (χ0n) is 10.0. The molecular formula is C15H18N2. The first-order valence-corrected chi connectivity index (χ1v) is 6.40. The average Bonchev–Trinajstić information content (AvgIpc) is 2.88. The minimum absolute atomic E-state index is 0.143. The summed E-state index contributed by atoms with van der Waals surface area (Å²) in [4.78, 5) is 4.82. The van der Waals surface area contributed by atoms with E-state index >= 15 is 0 Å². The molecular weight excluding hydrogens is 208 g/mol. The fourth-order valence-electron chi connectivity index (χ4n) is 2.98. The number of hydrogen-bond donors (Lipinski definition) is 1. The van der Waals surface area contributed by atoms with Gasteiger partial charge in [0.1, 0.15) is 0 Å². The summed E-state index contributed by atoms with van der Waals surface area (Å²) in [5.74, 6) is 0. The first-order valence-electron chi connectivity index (χ1n) is 6.40. The zero-order chi connectivity index (χ0) is 11.7. The Hall–Kier alpha value is -1.41. The predicted octanol–water partition coefficient (Wildman–Crippen LogP) is 3.01. The minimum Gasteiger partial charge on any atom is -0.330 e. The monoisotopic (exact) mass is 226 g/mol. The number of nitrogens with two attached hydrogens (primary N) is 1. The summed E-state index contributed by atoms with van der Waals surface area (Å²) in [5.41, 5.74) is 8.43. The molecule has 17 heavy (non-hydrogen) atoms. The van der Waals surface area contributed by atoms with Crippen LogP contribution in [0.5, 0.6) is 0 Å². The molecule has 3 rings (SSSR count). The van der Waals surface area contributed by atoms with Crippen molar-refractivity contribution in [2.75, 3.05) is 6.54 Å². The van der Waals surface area contributed by atoms with Crippen molar-refractivity contribution in [3.05, 3.63) is 42.1 Å². The molecule has 0 amide bonds. The Balaban J connectivity index is 2.10. The van der Waals surface area contributed by atoms with Crippen LogP contribution in [0, 0.1) is 0 Å². The van der Waals surface area contributed by atoms with Crippen molar-refractivity contribution in [3.8, 4) is 0 Å². The lowest BCUT2D eigenvalue weighted by Gasteiger charge is -2.26. The van der Waals surface area contributed by atoms with E-state index in [4.69, 9.17) is 10.7 Å². The molecule has 1 aromatic heterocycles. The molecule has 1 aliphatic carbocycles. The van der Waals surface area contributed by atoms with Gasteiger partial charge in [0.15, 0.2) is 0 Å². The Morgan fingerprint density at radius 3 is 2.59 bits per heavy atom. The third kappa shape index (κ3) is 1.73. The number of para-hydroxylation sites is 1. The highest BCUT2D eigenvalue weighted by molar-refractivity contribution is 5.78. The lowest BCUT2D eigenvalue weighted by atomic mass is 9.82. The molecule has 1 aliphatic rings. The second-order valence-electron chi connectivity index (χ2n) is 5.08. The number of rotatable bonds is 2. The molecule has 0 saturated heterocycles. The van der Waals surface area contributed by atoms with Gasteiger partial charge in [-0.15, -0.1) is 0 Å². The van der Waals surface area contributed by atoms with Gasteiger partial charge < -0.3 is 5.73 Å². The molecule has 0 bridgehead atoms. The summed E-state index contributed by atoms with van der Waals surface area (Å²) in [6, 6.07) is 12.6. The SMILES string of the molecule is NCC1(c2ccc3ccccc3n2)CCCC1. The van der Waals surface area contributed by atoms with Crippen molar-refractivity contribution < 1.29 is 0 Å². The third-order valence-corrected chi connectivity index (χ3v) is 4.09. The van der Waals surface area contributed by atoms with Crippen LogP contribution in [0.15, 0.2) is 36.4 Å². The van der Waals surface area contributed by atoms with Gasteiger partial charge in [0.25, 0.3) is 0 Å². The Labute approximate surface area is 102 Å². The second kappa shape index (κ2) is 4.11. The van der Waals surface area contributed by atoms with E-state index in [2.05, 4.69) is 30.3 Å². The van der Waals surface area contributed by atoms with Crippen LogP contribution in [0.1, 0.15) is 31.4 Å². The number of aromatic nitrogens is 1. The summed E-state index contributed by atoms with van der Waals surface area (Å²) in [6.45, 7) is 0.721. The van der Waals surface area contributed by atoms with Crippen molar-refractivity contribution >= 4 is 10.9 Å². The minimum atomic E-state index is 0.143. The fourth-order valence-corrected chi connectivity index (χ4v) is 2.98. The lowest BCUT2D eigenvalue weighted by molar-refractivity contribution is 0.441. The first-order chi connectivity index (χ1) is 8.34. The largest absolute Gasteiger partial charge is 0.330 e. The van der Waals surface area contributed by atoms with Gasteiger partial charge in [-0.2, -0.15) is 0 Å². The van der Waals surface area contributed by atoms with E-state index in [-0.39, 0.29) is 5.41 Å². The van der Waals surface area contributed by atoms with Crippen LogP contribution in [0.4, 0.5) is 0 Å². The van der Waals surface area contributed by atoms with Crippen molar-refractivity contribution in [1.82, 2.24) is 4.98 Å². The normalized spacial score (nSPS) is 18.6. The van der Waals surface area contributed by atoms with E-state index in [0.29, 0.717) is 0 Å². The summed E-state index contributed by atoms with van der Waals surface area (Å²) in [5, 5.41) is 1.21. The van der Waals surface area contributed by atoms with Crippen molar-refractivity contribution in [2.24, 2.45) is 5.73 Å². The molecule has 0 atom stereocenters. The summed E-state index contributed by atoms with van der Waals surface area (Å²) in [6.07, 6.45) is 4.95.